The second kappa shape index (κ2) is 11.4. The predicted octanol–water partition coefficient (Wildman–Crippen LogP) is 2.89. The van der Waals surface area contributed by atoms with Crippen LogP contribution in [0.5, 0.6) is 0 Å². The van der Waals surface area contributed by atoms with Gasteiger partial charge in [-0.25, -0.2) is 9.59 Å². The third-order valence-corrected chi connectivity index (χ3v) is 3.97. The van der Waals surface area contributed by atoms with E-state index >= 15 is 0 Å². The minimum atomic E-state index is -0.536. The number of amides is 3. The highest BCUT2D eigenvalue weighted by atomic mass is 16.6. The maximum Gasteiger partial charge on any atom is 0.407 e. The summed E-state index contributed by atoms with van der Waals surface area (Å²) >= 11 is 0. The summed E-state index contributed by atoms with van der Waals surface area (Å²) in [4.78, 5) is 25.9. The van der Waals surface area contributed by atoms with Crippen LogP contribution in [0.4, 0.5) is 9.59 Å². The van der Waals surface area contributed by atoms with E-state index in [2.05, 4.69) is 46.8 Å². The Hall–Kier alpha value is -2.28. The van der Waals surface area contributed by atoms with Gasteiger partial charge in [-0.2, -0.15) is 0 Å². The van der Waals surface area contributed by atoms with E-state index in [0.29, 0.717) is 19.6 Å². The van der Waals surface area contributed by atoms with E-state index in [0.717, 1.165) is 13.1 Å². The first-order chi connectivity index (χ1) is 12.8. The van der Waals surface area contributed by atoms with Crippen LogP contribution < -0.4 is 16.0 Å². The van der Waals surface area contributed by atoms with Crippen molar-refractivity contribution >= 4 is 12.1 Å². The van der Waals surface area contributed by atoms with Gasteiger partial charge < -0.3 is 20.7 Å². The van der Waals surface area contributed by atoms with Gasteiger partial charge in [-0.1, -0.05) is 44.2 Å². The second-order valence-electron chi connectivity index (χ2n) is 7.21. The number of ether oxygens (including phenoxy) is 1. The van der Waals surface area contributed by atoms with Gasteiger partial charge in [-0.3, -0.25) is 4.90 Å². The molecule has 152 valence electrons. The zero-order valence-corrected chi connectivity index (χ0v) is 17.2. The first kappa shape index (κ1) is 22.8. The van der Waals surface area contributed by atoms with Crippen LogP contribution >= 0.6 is 0 Å². The standard InChI is InChI=1S/C20H34N4O3/c1-6-24(7-2)17(16-11-9-8-10-12-16)15-23-18(25)21-13-14-22-19(26)27-20(3,4)5/h8-12,17H,6-7,13-15H2,1-5H3,(H,22,26)(H2,21,23,25). The van der Waals surface area contributed by atoms with Crippen molar-refractivity contribution in [1.82, 2.24) is 20.9 Å². The van der Waals surface area contributed by atoms with Crippen LogP contribution in [0, 0.1) is 0 Å². The highest BCUT2D eigenvalue weighted by molar-refractivity contribution is 5.74. The average molecular weight is 379 g/mol. The molecule has 0 saturated carbocycles. The minimum absolute atomic E-state index is 0.117. The number of rotatable bonds is 9. The van der Waals surface area contributed by atoms with Crippen LogP contribution in [0.15, 0.2) is 30.3 Å². The van der Waals surface area contributed by atoms with Gasteiger partial charge in [0.1, 0.15) is 5.60 Å². The van der Waals surface area contributed by atoms with Gasteiger partial charge in [0.25, 0.3) is 0 Å². The molecule has 0 heterocycles. The molecule has 1 rings (SSSR count). The molecule has 3 N–H and O–H groups in total. The first-order valence-corrected chi connectivity index (χ1v) is 9.54. The van der Waals surface area contributed by atoms with Crippen LogP contribution in [0.2, 0.25) is 0 Å². The highest BCUT2D eigenvalue weighted by Crippen LogP contribution is 2.19. The minimum Gasteiger partial charge on any atom is -0.444 e. The summed E-state index contributed by atoms with van der Waals surface area (Å²) in [5.41, 5.74) is 0.638. The lowest BCUT2D eigenvalue weighted by Gasteiger charge is -2.30. The molecule has 1 aromatic carbocycles. The van der Waals surface area contributed by atoms with Gasteiger partial charge in [-0.15, -0.1) is 0 Å². The zero-order chi connectivity index (χ0) is 20.3. The molecule has 0 fully saturated rings. The van der Waals surface area contributed by atoms with Crippen LogP contribution in [-0.2, 0) is 4.74 Å². The van der Waals surface area contributed by atoms with E-state index in [-0.39, 0.29) is 12.1 Å². The second-order valence-corrected chi connectivity index (χ2v) is 7.21. The summed E-state index contributed by atoms with van der Waals surface area (Å²) < 4.78 is 5.14. The third kappa shape index (κ3) is 9.28. The normalized spacial score (nSPS) is 12.4. The first-order valence-electron chi connectivity index (χ1n) is 9.54. The van der Waals surface area contributed by atoms with Crippen molar-refractivity contribution in [1.29, 1.82) is 0 Å². The Morgan fingerprint density at radius 1 is 1.00 bits per heavy atom. The number of nitrogens with zero attached hydrogens (tertiary/aromatic N) is 1. The Morgan fingerprint density at radius 3 is 2.15 bits per heavy atom. The van der Waals surface area contributed by atoms with Crippen molar-refractivity contribution in [2.75, 3.05) is 32.7 Å². The lowest BCUT2D eigenvalue weighted by Crippen LogP contribution is -2.44. The molecule has 0 radical (unpaired) electrons. The lowest BCUT2D eigenvalue weighted by atomic mass is 10.1. The molecule has 0 aromatic heterocycles. The smallest absolute Gasteiger partial charge is 0.407 e. The zero-order valence-electron chi connectivity index (χ0n) is 17.2. The van der Waals surface area contributed by atoms with Crippen LogP contribution in [0.3, 0.4) is 0 Å². The number of urea groups is 1. The number of nitrogens with one attached hydrogen (secondary N) is 3. The van der Waals surface area contributed by atoms with E-state index in [1.54, 1.807) is 20.8 Å². The molecule has 7 heteroatoms. The lowest BCUT2D eigenvalue weighted by molar-refractivity contribution is 0.0528. The van der Waals surface area contributed by atoms with Crippen molar-refractivity contribution in [3.05, 3.63) is 35.9 Å². The Bertz CT molecular complexity index is 568. The number of hydrogen-bond acceptors (Lipinski definition) is 4. The Kier molecular flexibility index (Phi) is 9.64. The molecular formula is C20H34N4O3. The Morgan fingerprint density at radius 2 is 1.59 bits per heavy atom. The SMILES string of the molecule is CCN(CC)C(CNC(=O)NCCNC(=O)OC(C)(C)C)c1ccccc1. The quantitative estimate of drug-likeness (QED) is 0.577. The monoisotopic (exact) mass is 378 g/mol. The topological polar surface area (TPSA) is 82.7 Å². The molecule has 1 aromatic rings. The Labute approximate surface area is 162 Å². The van der Waals surface area contributed by atoms with Crippen molar-refractivity contribution in [2.45, 2.75) is 46.3 Å². The highest BCUT2D eigenvalue weighted by Gasteiger charge is 2.18. The van der Waals surface area contributed by atoms with Gasteiger partial charge in [0.05, 0.1) is 6.04 Å². The molecule has 7 nitrogen and oxygen atoms in total. The number of benzene rings is 1. The largest absolute Gasteiger partial charge is 0.444 e. The van der Waals surface area contributed by atoms with Crippen LogP contribution in [0.25, 0.3) is 0 Å². The number of carbonyl (C=O) groups is 2. The molecule has 0 saturated heterocycles. The summed E-state index contributed by atoms with van der Waals surface area (Å²) in [6, 6.07) is 10.0. The van der Waals surface area contributed by atoms with Crippen LogP contribution in [0.1, 0.15) is 46.2 Å². The summed E-state index contributed by atoms with van der Waals surface area (Å²) in [7, 11) is 0. The maximum atomic E-state index is 12.1. The van der Waals surface area contributed by atoms with Gasteiger partial charge in [0.2, 0.25) is 0 Å². The molecule has 0 aliphatic heterocycles. The molecule has 0 spiro atoms. The number of likely N-dealkylation sites (N-methyl/N-ethyl adjacent to an activating group) is 1. The molecule has 0 aliphatic carbocycles. The predicted molar refractivity (Wildman–Crippen MR) is 108 cm³/mol. The molecule has 1 atom stereocenters. The van der Waals surface area contributed by atoms with Crippen molar-refractivity contribution < 1.29 is 14.3 Å². The maximum absolute atomic E-state index is 12.1. The fourth-order valence-electron chi connectivity index (χ4n) is 2.70. The Balaban J connectivity index is 2.41. The van der Waals surface area contributed by atoms with Gasteiger partial charge in [-0.05, 0) is 39.4 Å². The number of hydrogen-bond donors (Lipinski definition) is 3. The van der Waals surface area contributed by atoms with E-state index in [9.17, 15) is 9.59 Å². The summed E-state index contributed by atoms with van der Waals surface area (Å²) in [5, 5.41) is 8.27. The van der Waals surface area contributed by atoms with Crippen molar-refractivity contribution in [3.63, 3.8) is 0 Å². The molecule has 3 amide bonds. The molecule has 27 heavy (non-hydrogen) atoms. The fraction of sp³-hybridized carbons (Fsp3) is 0.600. The summed E-state index contributed by atoms with van der Waals surface area (Å²) in [5.74, 6) is 0. The summed E-state index contributed by atoms with van der Waals surface area (Å²) in [6.07, 6.45) is -0.490. The van der Waals surface area contributed by atoms with E-state index in [1.165, 1.54) is 5.56 Å². The van der Waals surface area contributed by atoms with Crippen LogP contribution in [-0.4, -0.2) is 55.3 Å². The molecule has 0 bridgehead atoms. The molecular weight excluding hydrogens is 344 g/mol. The number of carbonyl (C=O) groups excluding carboxylic acids is 2. The van der Waals surface area contributed by atoms with Crippen molar-refractivity contribution in [3.8, 4) is 0 Å². The van der Waals surface area contributed by atoms with Crippen molar-refractivity contribution in [2.24, 2.45) is 0 Å². The molecule has 1 unspecified atom stereocenters. The fourth-order valence-corrected chi connectivity index (χ4v) is 2.70. The van der Waals surface area contributed by atoms with E-state index < -0.39 is 11.7 Å². The molecule has 0 aliphatic rings. The van der Waals surface area contributed by atoms with Gasteiger partial charge in [0, 0.05) is 19.6 Å². The van der Waals surface area contributed by atoms with Gasteiger partial charge >= 0.3 is 12.1 Å². The van der Waals surface area contributed by atoms with E-state index in [1.807, 2.05) is 18.2 Å². The third-order valence-electron chi connectivity index (χ3n) is 3.97. The number of alkyl carbamates (subject to hydrolysis) is 1. The average Bonchev–Trinajstić information content (AvgIpc) is 2.61. The van der Waals surface area contributed by atoms with E-state index in [4.69, 9.17) is 4.74 Å². The van der Waals surface area contributed by atoms with Gasteiger partial charge in [0.15, 0.2) is 0 Å². The summed E-state index contributed by atoms with van der Waals surface area (Å²) in [6.45, 7) is 12.6.